The van der Waals surface area contributed by atoms with Crippen molar-refractivity contribution < 1.29 is 14.7 Å². The van der Waals surface area contributed by atoms with Crippen LogP contribution in [0.1, 0.15) is 40.0 Å². The van der Waals surface area contributed by atoms with Crippen LogP contribution in [-0.2, 0) is 9.59 Å². The highest BCUT2D eigenvalue weighted by Gasteiger charge is 2.43. The van der Waals surface area contributed by atoms with Crippen molar-refractivity contribution in [1.82, 2.24) is 10.2 Å². The monoisotopic (exact) mass is 242 g/mol. The summed E-state index contributed by atoms with van der Waals surface area (Å²) in [5, 5.41) is 12.3. The lowest BCUT2D eigenvalue weighted by atomic mass is 9.88. The van der Waals surface area contributed by atoms with Gasteiger partial charge in [0.15, 0.2) is 0 Å². The van der Waals surface area contributed by atoms with Crippen molar-refractivity contribution >= 4 is 11.9 Å². The summed E-state index contributed by atoms with van der Waals surface area (Å²) < 4.78 is 0. The maximum absolute atomic E-state index is 12.4. The average molecular weight is 242 g/mol. The molecule has 0 aromatic rings. The molecule has 1 heterocycles. The molecule has 17 heavy (non-hydrogen) atoms. The van der Waals surface area contributed by atoms with E-state index in [0.717, 1.165) is 25.8 Å². The molecule has 0 aliphatic carbocycles. The molecule has 1 unspecified atom stereocenters. The van der Waals surface area contributed by atoms with Crippen LogP contribution >= 0.6 is 0 Å². The van der Waals surface area contributed by atoms with Crippen LogP contribution in [0.15, 0.2) is 0 Å². The predicted molar refractivity (Wildman–Crippen MR) is 64.7 cm³/mol. The minimum atomic E-state index is -1.18. The van der Waals surface area contributed by atoms with Crippen LogP contribution in [0.25, 0.3) is 0 Å². The van der Waals surface area contributed by atoms with Crippen molar-refractivity contribution in [3.63, 3.8) is 0 Å². The molecule has 5 heteroatoms. The molecule has 0 radical (unpaired) electrons. The van der Waals surface area contributed by atoms with Crippen LogP contribution < -0.4 is 5.32 Å². The molecule has 1 aliphatic heterocycles. The lowest BCUT2D eigenvalue weighted by Crippen LogP contribution is -2.62. The van der Waals surface area contributed by atoms with Gasteiger partial charge in [0.2, 0.25) is 5.91 Å². The van der Waals surface area contributed by atoms with Gasteiger partial charge in [-0.1, -0.05) is 0 Å². The number of aliphatic carboxylic acids is 1. The Labute approximate surface area is 102 Å². The quantitative estimate of drug-likeness (QED) is 0.769. The van der Waals surface area contributed by atoms with Crippen molar-refractivity contribution in [1.29, 1.82) is 0 Å². The molecule has 1 amide bonds. The van der Waals surface area contributed by atoms with Crippen LogP contribution in [-0.4, -0.2) is 46.6 Å². The highest BCUT2D eigenvalue weighted by molar-refractivity contribution is 5.91. The molecule has 0 saturated carbocycles. The van der Waals surface area contributed by atoms with Crippen molar-refractivity contribution in [2.24, 2.45) is 0 Å². The standard InChI is InChI=1S/C12H22N2O3/c1-11(2,10(16)17)14(4)9(15)12(3)7-5-6-8-13-12/h13H,5-8H2,1-4H3,(H,16,17). The van der Waals surface area contributed by atoms with E-state index in [1.54, 1.807) is 20.9 Å². The van der Waals surface area contributed by atoms with Crippen molar-refractivity contribution in [2.45, 2.75) is 51.1 Å². The molecule has 1 atom stereocenters. The Hall–Kier alpha value is -1.10. The zero-order chi connectivity index (χ0) is 13.3. The molecule has 1 fully saturated rings. The molecule has 1 rings (SSSR count). The molecule has 98 valence electrons. The van der Waals surface area contributed by atoms with E-state index in [2.05, 4.69) is 5.32 Å². The third-order valence-electron chi connectivity index (χ3n) is 3.76. The summed E-state index contributed by atoms with van der Waals surface area (Å²) in [5.41, 5.74) is -1.81. The van der Waals surface area contributed by atoms with Crippen LogP contribution in [0.3, 0.4) is 0 Å². The van der Waals surface area contributed by atoms with Gasteiger partial charge in [-0.2, -0.15) is 0 Å². The first kappa shape index (κ1) is 14.0. The van der Waals surface area contributed by atoms with E-state index < -0.39 is 17.0 Å². The smallest absolute Gasteiger partial charge is 0.329 e. The number of hydrogen-bond donors (Lipinski definition) is 2. The lowest BCUT2D eigenvalue weighted by Gasteiger charge is -2.41. The Bertz CT molecular complexity index is 320. The average Bonchev–Trinajstić information content (AvgIpc) is 2.27. The Kier molecular flexibility index (Phi) is 3.81. The summed E-state index contributed by atoms with van der Waals surface area (Å²) in [6.07, 6.45) is 2.82. The summed E-state index contributed by atoms with van der Waals surface area (Å²) in [5.74, 6) is -1.14. The van der Waals surface area contributed by atoms with Gasteiger partial charge in [-0.05, 0) is 46.6 Å². The number of carbonyl (C=O) groups excluding carboxylic acids is 1. The Balaban J connectivity index is 2.85. The second-order valence-corrected chi connectivity index (χ2v) is 5.44. The van der Waals surface area contributed by atoms with E-state index >= 15 is 0 Å². The number of hydrogen-bond acceptors (Lipinski definition) is 3. The van der Waals surface area contributed by atoms with Gasteiger partial charge in [-0.3, -0.25) is 4.79 Å². The van der Waals surface area contributed by atoms with Crippen molar-refractivity contribution in [3.8, 4) is 0 Å². The van der Waals surface area contributed by atoms with E-state index in [4.69, 9.17) is 5.11 Å². The fraction of sp³-hybridized carbons (Fsp3) is 0.833. The fourth-order valence-electron chi connectivity index (χ4n) is 2.01. The van der Waals surface area contributed by atoms with Gasteiger partial charge in [-0.15, -0.1) is 0 Å². The number of nitrogens with one attached hydrogen (secondary N) is 1. The van der Waals surface area contributed by atoms with Gasteiger partial charge in [0, 0.05) is 7.05 Å². The first-order valence-electron chi connectivity index (χ1n) is 5.98. The number of rotatable bonds is 3. The number of carbonyl (C=O) groups is 2. The number of amides is 1. The number of nitrogens with zero attached hydrogens (tertiary/aromatic N) is 1. The van der Waals surface area contributed by atoms with Crippen LogP contribution in [0, 0.1) is 0 Å². The summed E-state index contributed by atoms with van der Waals surface area (Å²) >= 11 is 0. The zero-order valence-electron chi connectivity index (χ0n) is 11.0. The maximum atomic E-state index is 12.4. The predicted octanol–water partition coefficient (Wildman–Crippen LogP) is 0.840. The highest BCUT2D eigenvalue weighted by Crippen LogP contribution is 2.24. The van der Waals surface area contributed by atoms with Crippen LogP contribution in [0.4, 0.5) is 0 Å². The van der Waals surface area contributed by atoms with Crippen molar-refractivity contribution in [2.75, 3.05) is 13.6 Å². The summed E-state index contributed by atoms with van der Waals surface area (Å²) in [7, 11) is 1.55. The molecule has 5 nitrogen and oxygen atoms in total. The molecule has 0 aromatic carbocycles. The Morgan fingerprint density at radius 3 is 2.35 bits per heavy atom. The van der Waals surface area contributed by atoms with Gasteiger partial charge in [0.1, 0.15) is 5.54 Å². The molecule has 1 aliphatic rings. The minimum absolute atomic E-state index is 0.149. The molecule has 0 aromatic heterocycles. The van der Waals surface area contributed by atoms with E-state index in [1.165, 1.54) is 4.90 Å². The van der Waals surface area contributed by atoms with E-state index in [1.807, 2.05) is 6.92 Å². The summed E-state index contributed by atoms with van der Waals surface area (Å²) in [6, 6.07) is 0. The van der Waals surface area contributed by atoms with Gasteiger partial charge in [-0.25, -0.2) is 4.79 Å². The fourth-order valence-corrected chi connectivity index (χ4v) is 2.01. The third-order valence-corrected chi connectivity index (χ3v) is 3.76. The molecule has 2 N–H and O–H groups in total. The summed E-state index contributed by atoms with van der Waals surface area (Å²) in [4.78, 5) is 24.8. The van der Waals surface area contributed by atoms with Crippen LogP contribution in [0.5, 0.6) is 0 Å². The molecule has 0 bridgehead atoms. The van der Waals surface area contributed by atoms with Gasteiger partial charge < -0.3 is 15.3 Å². The lowest BCUT2D eigenvalue weighted by molar-refractivity contribution is -0.158. The number of piperidine rings is 1. The van der Waals surface area contributed by atoms with E-state index in [0.29, 0.717) is 0 Å². The molecule has 1 saturated heterocycles. The maximum Gasteiger partial charge on any atom is 0.329 e. The van der Waals surface area contributed by atoms with Gasteiger partial charge >= 0.3 is 5.97 Å². The van der Waals surface area contributed by atoms with Gasteiger partial charge in [0.05, 0.1) is 5.54 Å². The topological polar surface area (TPSA) is 69.6 Å². The molecular formula is C12H22N2O3. The third kappa shape index (κ3) is 2.60. The number of carboxylic acid groups (broad SMARTS) is 1. The Morgan fingerprint density at radius 1 is 1.35 bits per heavy atom. The zero-order valence-corrected chi connectivity index (χ0v) is 11.0. The second-order valence-electron chi connectivity index (χ2n) is 5.44. The largest absolute Gasteiger partial charge is 0.480 e. The molecule has 0 spiro atoms. The number of likely N-dealkylation sites (N-methyl/N-ethyl adjacent to an activating group) is 1. The Morgan fingerprint density at radius 2 is 1.94 bits per heavy atom. The van der Waals surface area contributed by atoms with E-state index in [-0.39, 0.29) is 5.91 Å². The van der Waals surface area contributed by atoms with Crippen molar-refractivity contribution in [3.05, 3.63) is 0 Å². The summed E-state index contributed by atoms with van der Waals surface area (Å²) in [6.45, 7) is 5.74. The minimum Gasteiger partial charge on any atom is -0.480 e. The second kappa shape index (κ2) is 4.64. The number of carboxylic acids is 1. The first-order valence-corrected chi connectivity index (χ1v) is 5.98. The van der Waals surface area contributed by atoms with E-state index in [9.17, 15) is 9.59 Å². The molecular weight excluding hydrogens is 220 g/mol. The first-order chi connectivity index (χ1) is 7.72. The van der Waals surface area contributed by atoms with Gasteiger partial charge in [0.25, 0.3) is 0 Å². The SMILES string of the molecule is CN(C(=O)C1(C)CCCCN1)C(C)(C)C(=O)O. The normalized spacial score (nSPS) is 25.4. The highest BCUT2D eigenvalue weighted by atomic mass is 16.4. The van der Waals surface area contributed by atoms with Crippen LogP contribution in [0.2, 0.25) is 0 Å².